The zero-order chi connectivity index (χ0) is 19.8. The minimum absolute atomic E-state index is 0.301. The molecule has 2 aliphatic heterocycles. The Morgan fingerprint density at radius 3 is 2.52 bits per heavy atom. The second-order valence-electron chi connectivity index (χ2n) is 8.55. The van der Waals surface area contributed by atoms with E-state index >= 15 is 0 Å². The highest BCUT2D eigenvalue weighted by atomic mass is 15.3. The largest absolute Gasteiger partial charge is 0.362 e. The van der Waals surface area contributed by atoms with Gasteiger partial charge in [0.25, 0.3) is 0 Å². The number of hydrogen-bond donors (Lipinski definition) is 1. The summed E-state index contributed by atoms with van der Waals surface area (Å²) in [4.78, 5) is 12.4. The van der Waals surface area contributed by atoms with Crippen LogP contribution >= 0.6 is 0 Å². The number of para-hydroxylation sites is 2. The Bertz CT molecular complexity index is 1000. The molecule has 1 unspecified atom stereocenters. The minimum atomic E-state index is 0.301. The molecule has 0 radical (unpaired) electrons. The van der Waals surface area contributed by atoms with Crippen molar-refractivity contribution in [2.75, 3.05) is 23.3 Å². The Labute approximate surface area is 171 Å². The summed E-state index contributed by atoms with van der Waals surface area (Å²) in [5, 5.41) is 12.6. The highest BCUT2D eigenvalue weighted by molar-refractivity contribution is 5.80. The first-order valence-electron chi connectivity index (χ1n) is 10.9. The molecule has 7 nitrogen and oxygen atoms in total. The molecule has 1 atom stereocenters. The van der Waals surface area contributed by atoms with Gasteiger partial charge >= 0.3 is 0 Å². The van der Waals surface area contributed by atoms with Crippen molar-refractivity contribution in [3.63, 3.8) is 0 Å². The highest BCUT2D eigenvalue weighted by Gasteiger charge is 2.26. The fourth-order valence-electron chi connectivity index (χ4n) is 4.50. The van der Waals surface area contributed by atoms with Crippen LogP contribution in [0.3, 0.4) is 0 Å². The van der Waals surface area contributed by atoms with Gasteiger partial charge in [0.15, 0.2) is 11.6 Å². The first kappa shape index (κ1) is 18.3. The van der Waals surface area contributed by atoms with Crippen molar-refractivity contribution in [1.82, 2.24) is 24.7 Å². The lowest BCUT2D eigenvalue weighted by Gasteiger charge is -2.31. The molecule has 29 heavy (non-hydrogen) atoms. The number of aryl methyl sites for hydroxylation is 1. The number of hydrogen-bond acceptors (Lipinski definition) is 6. The monoisotopic (exact) mass is 391 g/mol. The number of rotatable bonds is 4. The van der Waals surface area contributed by atoms with Gasteiger partial charge in [0.05, 0.1) is 11.0 Å². The fourth-order valence-corrected chi connectivity index (χ4v) is 4.50. The lowest BCUT2D eigenvalue weighted by molar-refractivity contribution is 0.458. The number of nitrogens with zero attached hydrogens (tertiary/aromatic N) is 6. The van der Waals surface area contributed by atoms with Gasteiger partial charge in [0, 0.05) is 38.0 Å². The molecule has 2 aromatic heterocycles. The summed E-state index contributed by atoms with van der Waals surface area (Å²) in [6, 6.07) is 8.46. The molecule has 1 N–H and O–H groups in total. The molecule has 1 aromatic carbocycles. The minimum Gasteiger partial charge on any atom is -0.362 e. The summed E-state index contributed by atoms with van der Waals surface area (Å²) in [6.07, 6.45) is 5.72. The summed E-state index contributed by atoms with van der Waals surface area (Å²) in [5.41, 5.74) is 1.91. The highest BCUT2D eigenvalue weighted by Crippen LogP contribution is 2.30. The number of anilines is 2. The maximum Gasteiger partial charge on any atom is 0.172 e. The predicted octanol–water partition coefficient (Wildman–Crippen LogP) is 3.76. The van der Waals surface area contributed by atoms with E-state index in [4.69, 9.17) is 9.97 Å². The van der Waals surface area contributed by atoms with Crippen LogP contribution in [0.15, 0.2) is 24.3 Å². The molecular weight excluding hydrogens is 362 g/mol. The molecule has 1 saturated heterocycles. The first-order chi connectivity index (χ1) is 14.2. The predicted molar refractivity (Wildman–Crippen MR) is 115 cm³/mol. The Balaban J connectivity index is 1.47. The molecule has 0 spiro atoms. The molecule has 7 heteroatoms. The third-order valence-corrected chi connectivity index (χ3v) is 6.04. The summed E-state index contributed by atoms with van der Waals surface area (Å²) in [5.74, 6) is 4.47. The second-order valence-corrected chi connectivity index (χ2v) is 8.55. The Kier molecular flexibility index (Phi) is 4.81. The van der Waals surface area contributed by atoms with Gasteiger partial charge in [0.2, 0.25) is 0 Å². The topological polar surface area (TPSA) is 71.8 Å². The van der Waals surface area contributed by atoms with Crippen LogP contribution in [0.1, 0.15) is 57.1 Å². The van der Waals surface area contributed by atoms with Gasteiger partial charge in [-0.2, -0.15) is 0 Å². The van der Waals surface area contributed by atoms with E-state index in [1.54, 1.807) is 0 Å². The van der Waals surface area contributed by atoms with Crippen molar-refractivity contribution in [3.8, 4) is 0 Å². The van der Waals surface area contributed by atoms with Gasteiger partial charge in [-0.25, -0.2) is 9.97 Å². The fraction of sp³-hybridized carbons (Fsp3) is 0.545. The van der Waals surface area contributed by atoms with Crippen molar-refractivity contribution in [3.05, 3.63) is 35.9 Å². The van der Waals surface area contributed by atoms with Crippen molar-refractivity contribution >= 4 is 22.7 Å². The molecule has 3 aromatic rings. The van der Waals surface area contributed by atoms with E-state index in [-0.39, 0.29) is 0 Å². The molecular formula is C22H29N7. The van der Waals surface area contributed by atoms with E-state index in [0.717, 1.165) is 66.8 Å². The summed E-state index contributed by atoms with van der Waals surface area (Å²) in [7, 11) is 0. The average molecular weight is 392 g/mol. The van der Waals surface area contributed by atoms with Gasteiger partial charge in [-0.05, 0) is 37.8 Å². The maximum atomic E-state index is 5.01. The van der Waals surface area contributed by atoms with Crippen LogP contribution in [0.4, 0.5) is 11.6 Å². The quantitative estimate of drug-likeness (QED) is 0.730. The van der Waals surface area contributed by atoms with Gasteiger partial charge in [-0.1, -0.05) is 26.0 Å². The van der Waals surface area contributed by atoms with Crippen LogP contribution in [-0.2, 0) is 13.0 Å². The van der Waals surface area contributed by atoms with Crippen LogP contribution < -0.4 is 10.2 Å². The van der Waals surface area contributed by atoms with Crippen LogP contribution in [0.5, 0.6) is 0 Å². The van der Waals surface area contributed by atoms with Crippen molar-refractivity contribution in [2.45, 2.75) is 64.5 Å². The molecule has 1 fully saturated rings. The molecule has 2 aliphatic rings. The maximum absolute atomic E-state index is 5.01. The van der Waals surface area contributed by atoms with Gasteiger partial charge < -0.3 is 14.8 Å². The Morgan fingerprint density at radius 2 is 1.76 bits per heavy atom. The zero-order valence-corrected chi connectivity index (χ0v) is 17.3. The van der Waals surface area contributed by atoms with Gasteiger partial charge in [0.1, 0.15) is 11.6 Å². The molecule has 4 heterocycles. The number of nitrogens with one attached hydrogen (secondary N) is 1. The lowest BCUT2D eigenvalue weighted by atomic mass is 10.1. The van der Waals surface area contributed by atoms with Crippen molar-refractivity contribution < 1.29 is 0 Å². The zero-order valence-electron chi connectivity index (χ0n) is 17.3. The van der Waals surface area contributed by atoms with E-state index in [1.807, 2.05) is 18.2 Å². The first-order valence-corrected chi connectivity index (χ1v) is 10.9. The summed E-state index contributed by atoms with van der Waals surface area (Å²) >= 11 is 0. The third kappa shape index (κ3) is 3.54. The number of fused-ring (bicyclic) bond motifs is 2. The average Bonchev–Trinajstić information content (AvgIpc) is 3.17. The number of benzene rings is 1. The normalized spacial score (nSPS) is 19.6. The smallest absolute Gasteiger partial charge is 0.172 e. The van der Waals surface area contributed by atoms with Crippen molar-refractivity contribution in [2.24, 2.45) is 0 Å². The van der Waals surface area contributed by atoms with Gasteiger partial charge in [-0.15, -0.1) is 10.2 Å². The molecule has 0 saturated carbocycles. The van der Waals surface area contributed by atoms with Crippen LogP contribution in [0.25, 0.3) is 11.0 Å². The van der Waals surface area contributed by atoms with E-state index in [2.05, 4.69) is 44.9 Å². The Morgan fingerprint density at radius 1 is 1.00 bits per heavy atom. The molecule has 5 rings (SSSR count). The molecule has 0 bridgehead atoms. The standard InChI is InChI=1S/C22H29N7/c1-15(2)21-27-26-19-11-10-16(14-29(19)21)23-20-22(28-12-6-3-7-13-28)25-18-9-5-4-8-17(18)24-20/h4-5,8-9,15-16H,3,6-7,10-14H2,1-2H3,(H,23,24). The molecule has 152 valence electrons. The van der Waals surface area contributed by atoms with E-state index in [1.165, 1.54) is 19.3 Å². The van der Waals surface area contributed by atoms with Gasteiger partial charge in [-0.3, -0.25) is 0 Å². The van der Waals surface area contributed by atoms with Crippen LogP contribution in [0.2, 0.25) is 0 Å². The Hall–Kier alpha value is -2.70. The molecule has 0 aliphatic carbocycles. The van der Waals surface area contributed by atoms with E-state index < -0.39 is 0 Å². The second kappa shape index (κ2) is 7.61. The summed E-state index contributed by atoms with van der Waals surface area (Å²) in [6.45, 7) is 7.35. The van der Waals surface area contributed by atoms with Crippen molar-refractivity contribution in [1.29, 1.82) is 0 Å². The SMILES string of the molecule is CC(C)c1nnc2n1CC(Nc1nc3ccccc3nc1N1CCCCC1)CC2. The van der Waals surface area contributed by atoms with E-state index in [0.29, 0.717) is 12.0 Å². The van der Waals surface area contributed by atoms with Crippen LogP contribution in [0, 0.1) is 0 Å². The third-order valence-electron chi connectivity index (χ3n) is 6.04. The lowest BCUT2D eigenvalue weighted by Crippen LogP contribution is -2.35. The van der Waals surface area contributed by atoms with Crippen LogP contribution in [-0.4, -0.2) is 43.9 Å². The number of aromatic nitrogens is 5. The molecule has 0 amide bonds. The number of piperidine rings is 1. The summed E-state index contributed by atoms with van der Waals surface area (Å²) < 4.78 is 2.29. The van der Waals surface area contributed by atoms with E-state index in [9.17, 15) is 0 Å².